The Hall–Kier alpha value is -1.79. The highest BCUT2D eigenvalue weighted by Gasteiger charge is 2.32. The number of Topliss-reactive ketones (excluding diaryl/α,β-unsaturated/α-hetero) is 1. The van der Waals surface area contributed by atoms with Gasteiger partial charge in [0.1, 0.15) is 0 Å². The predicted molar refractivity (Wildman–Crippen MR) is 30.9 cm³/mol. The van der Waals surface area contributed by atoms with Crippen molar-refractivity contribution in [1.29, 1.82) is 0 Å². The fraction of sp³-hybridized carbons (Fsp3) is 0.250. The van der Waals surface area contributed by atoms with Crippen molar-refractivity contribution in [3.8, 4) is 0 Å². The molecule has 1 aliphatic heterocycles. The molecule has 1 saturated heterocycles. The van der Waals surface area contributed by atoms with Crippen LogP contribution in [0.2, 0.25) is 0 Å². The quantitative estimate of drug-likeness (QED) is 0.334. The molecule has 0 aromatic rings. The van der Waals surface area contributed by atoms with Gasteiger partial charge in [0, 0.05) is 0 Å². The molecule has 1 heterocycles. The van der Waals surface area contributed by atoms with Gasteiger partial charge < -0.3 is 10.6 Å². The molecule has 2 amide bonds. The Balaban J connectivity index is 2.77. The summed E-state index contributed by atoms with van der Waals surface area (Å²) in [6.45, 7) is 0. The normalized spacial score (nSPS) is 19.1. The zero-order valence-electron chi connectivity index (χ0n) is 5.16. The van der Waals surface area contributed by atoms with Crippen LogP contribution in [-0.2, 0) is 14.4 Å². The Labute approximate surface area is 60.1 Å². The summed E-state index contributed by atoms with van der Waals surface area (Å²) in [5, 5.41) is 6.01. The van der Waals surface area contributed by atoms with Crippen molar-refractivity contribution < 1.29 is 14.4 Å². The number of nitrogens with one attached hydrogen (secondary N) is 2. The van der Waals surface area contributed by atoms with Gasteiger partial charge in [-0.15, -0.1) is 4.91 Å². The molecule has 0 radical (unpaired) electrons. The highest BCUT2D eigenvalue weighted by Crippen LogP contribution is 1.89. The van der Waals surface area contributed by atoms with Crippen molar-refractivity contribution in [2.75, 3.05) is 0 Å². The maximum absolute atomic E-state index is 10.5. The molecule has 0 atom stereocenters. The second-order valence-corrected chi connectivity index (χ2v) is 1.78. The number of amides is 2. The lowest BCUT2D eigenvalue weighted by Gasteiger charge is -2.16. The van der Waals surface area contributed by atoms with Crippen molar-refractivity contribution in [2.24, 2.45) is 5.18 Å². The number of rotatable bonds is 1. The van der Waals surface area contributed by atoms with E-state index in [1.54, 1.807) is 0 Å². The van der Waals surface area contributed by atoms with Crippen LogP contribution < -0.4 is 10.6 Å². The first-order valence-corrected chi connectivity index (χ1v) is 2.63. The molecule has 2 N–H and O–H groups in total. The lowest BCUT2D eigenvalue weighted by molar-refractivity contribution is -0.149. The molecular formula is C4H3N3O4. The first kappa shape index (κ1) is 7.32. The van der Waals surface area contributed by atoms with Crippen LogP contribution in [0.3, 0.4) is 0 Å². The third-order valence-electron chi connectivity index (χ3n) is 1.05. The summed E-state index contributed by atoms with van der Waals surface area (Å²) in [7, 11) is 0. The monoisotopic (exact) mass is 157 g/mol. The van der Waals surface area contributed by atoms with E-state index in [4.69, 9.17) is 0 Å². The van der Waals surface area contributed by atoms with Gasteiger partial charge in [-0.05, 0) is 5.18 Å². The Morgan fingerprint density at radius 1 is 1.09 bits per heavy atom. The number of carbonyl (C=O) groups is 3. The maximum Gasteiger partial charge on any atom is 0.307 e. The highest BCUT2D eigenvalue weighted by molar-refractivity contribution is 6.63. The molecule has 0 aliphatic carbocycles. The molecule has 0 aromatic carbocycles. The van der Waals surface area contributed by atoms with Crippen molar-refractivity contribution in [3.05, 3.63) is 4.91 Å². The van der Waals surface area contributed by atoms with Gasteiger partial charge in [0.25, 0.3) is 0 Å². The minimum Gasteiger partial charge on any atom is -0.307 e. The van der Waals surface area contributed by atoms with Gasteiger partial charge in [-0.1, -0.05) is 0 Å². The average Bonchev–Trinajstić information content (AvgIpc) is 1.99. The second-order valence-electron chi connectivity index (χ2n) is 1.78. The number of hydrogen-bond donors (Lipinski definition) is 2. The molecule has 0 aromatic heterocycles. The fourth-order valence-electron chi connectivity index (χ4n) is 0.571. The smallest absolute Gasteiger partial charge is 0.307 e. The zero-order valence-corrected chi connectivity index (χ0v) is 5.16. The molecule has 7 nitrogen and oxygen atoms in total. The summed E-state index contributed by atoms with van der Waals surface area (Å²) >= 11 is 0. The lowest BCUT2D eigenvalue weighted by atomic mass is 10.3. The summed E-state index contributed by atoms with van der Waals surface area (Å²) < 4.78 is 0. The standard InChI is InChI=1S/C4H3N3O4/c8-1-2(9)5-4(7-11)6-3(1)10/h4H,(H,5,9)(H,6,10). The number of ketones is 1. The van der Waals surface area contributed by atoms with Gasteiger partial charge in [-0.2, -0.15) is 0 Å². The number of nitrogens with zero attached hydrogens (tertiary/aromatic N) is 1. The summed E-state index contributed by atoms with van der Waals surface area (Å²) in [4.78, 5) is 41.1. The second kappa shape index (κ2) is 2.45. The van der Waals surface area contributed by atoms with Gasteiger partial charge in [-0.3, -0.25) is 14.4 Å². The van der Waals surface area contributed by atoms with Gasteiger partial charge in [0.2, 0.25) is 6.29 Å². The van der Waals surface area contributed by atoms with Crippen LogP contribution in [0.5, 0.6) is 0 Å². The molecular weight excluding hydrogens is 154 g/mol. The Bertz CT molecular complexity index is 228. The van der Waals surface area contributed by atoms with Gasteiger partial charge in [-0.25, -0.2) is 0 Å². The first-order chi connectivity index (χ1) is 5.15. The molecule has 1 aliphatic rings. The van der Waals surface area contributed by atoms with Crippen molar-refractivity contribution in [1.82, 2.24) is 10.6 Å². The molecule has 0 unspecified atom stereocenters. The van der Waals surface area contributed by atoms with E-state index in [0.717, 1.165) is 0 Å². The van der Waals surface area contributed by atoms with Crippen LogP contribution in [0.15, 0.2) is 5.18 Å². The van der Waals surface area contributed by atoms with E-state index in [1.807, 2.05) is 10.6 Å². The summed E-state index contributed by atoms with van der Waals surface area (Å²) in [5.41, 5.74) is 0. The zero-order chi connectivity index (χ0) is 8.43. The maximum atomic E-state index is 10.5. The number of hydrogen-bond acceptors (Lipinski definition) is 5. The van der Waals surface area contributed by atoms with E-state index in [-0.39, 0.29) is 0 Å². The van der Waals surface area contributed by atoms with E-state index >= 15 is 0 Å². The minimum absolute atomic E-state index is 1.11. The first-order valence-electron chi connectivity index (χ1n) is 2.63. The largest absolute Gasteiger partial charge is 0.307 e. The van der Waals surface area contributed by atoms with Crippen molar-refractivity contribution in [3.63, 3.8) is 0 Å². The molecule has 1 fully saturated rings. The van der Waals surface area contributed by atoms with Gasteiger partial charge in [0.05, 0.1) is 0 Å². The van der Waals surface area contributed by atoms with Crippen LogP contribution in [0.1, 0.15) is 0 Å². The van der Waals surface area contributed by atoms with E-state index in [9.17, 15) is 19.3 Å². The average molecular weight is 157 g/mol. The highest BCUT2D eigenvalue weighted by atomic mass is 16.3. The van der Waals surface area contributed by atoms with Crippen LogP contribution in [-0.4, -0.2) is 23.9 Å². The van der Waals surface area contributed by atoms with Crippen LogP contribution in [0, 0.1) is 4.91 Å². The molecule has 7 heteroatoms. The Morgan fingerprint density at radius 2 is 1.55 bits per heavy atom. The lowest BCUT2D eigenvalue weighted by Crippen LogP contribution is -2.58. The topological polar surface area (TPSA) is 105 Å². The molecule has 0 bridgehead atoms. The summed E-state index contributed by atoms with van der Waals surface area (Å²) in [6, 6.07) is 0. The van der Waals surface area contributed by atoms with E-state index in [2.05, 4.69) is 5.18 Å². The Morgan fingerprint density at radius 3 is 1.91 bits per heavy atom. The van der Waals surface area contributed by atoms with Gasteiger partial charge >= 0.3 is 17.6 Å². The number of carbonyl (C=O) groups excluding carboxylic acids is 3. The minimum atomic E-state index is -1.33. The van der Waals surface area contributed by atoms with Gasteiger partial charge in [0.15, 0.2) is 0 Å². The summed E-state index contributed by atoms with van der Waals surface area (Å²) in [6.07, 6.45) is -1.33. The van der Waals surface area contributed by atoms with Crippen molar-refractivity contribution >= 4 is 17.6 Å². The fourth-order valence-corrected chi connectivity index (χ4v) is 0.571. The van der Waals surface area contributed by atoms with Crippen molar-refractivity contribution in [2.45, 2.75) is 6.29 Å². The van der Waals surface area contributed by atoms with E-state index in [0.29, 0.717) is 0 Å². The molecule has 1 rings (SSSR count). The molecule has 0 saturated carbocycles. The molecule has 58 valence electrons. The third kappa shape index (κ3) is 1.20. The van der Waals surface area contributed by atoms with E-state index < -0.39 is 23.9 Å². The summed E-state index contributed by atoms with van der Waals surface area (Å²) in [5.74, 6) is -3.44. The Kier molecular flexibility index (Phi) is 1.63. The SMILES string of the molecule is O=NC1NC(=O)C(=O)C(=O)N1. The molecule has 0 spiro atoms. The predicted octanol–water partition coefficient (Wildman–Crippen LogP) is -2.15. The third-order valence-corrected chi connectivity index (χ3v) is 1.05. The molecule has 11 heavy (non-hydrogen) atoms. The number of nitroso groups, excluding NO2 is 1. The van der Waals surface area contributed by atoms with E-state index in [1.165, 1.54) is 0 Å². The van der Waals surface area contributed by atoms with Crippen LogP contribution in [0.4, 0.5) is 0 Å². The van der Waals surface area contributed by atoms with Crippen LogP contribution in [0.25, 0.3) is 0 Å². The van der Waals surface area contributed by atoms with Crippen LogP contribution >= 0.6 is 0 Å².